The zero-order valence-electron chi connectivity index (χ0n) is 13.9. The van der Waals surface area contributed by atoms with Gasteiger partial charge in [0.05, 0.1) is 5.02 Å². The molecule has 0 fully saturated rings. The summed E-state index contributed by atoms with van der Waals surface area (Å²) < 4.78 is 5.45. The molecule has 0 aliphatic carbocycles. The van der Waals surface area contributed by atoms with Gasteiger partial charge >= 0.3 is 0 Å². The molecule has 0 aliphatic rings. The Morgan fingerprint density at radius 1 is 0.783 bits per heavy atom. The molecule has 0 aromatic heterocycles. The summed E-state index contributed by atoms with van der Waals surface area (Å²) in [5, 5.41) is 10.9. The van der Waals surface area contributed by atoms with E-state index in [9.17, 15) is 5.11 Å². The molecule has 23 heavy (non-hydrogen) atoms. The molecule has 128 valence electrons. The topological polar surface area (TPSA) is 29.5 Å². The van der Waals surface area contributed by atoms with Crippen LogP contribution in [0.2, 0.25) is 15.1 Å². The number of ether oxygens (including phenoxy) is 1. The largest absolute Gasteiger partial charge is 0.504 e. The lowest BCUT2D eigenvalue weighted by molar-refractivity contribution is 0.411. The Kier molecular flexibility index (Phi) is 11.8. The van der Waals surface area contributed by atoms with Crippen LogP contribution in [-0.2, 0) is 0 Å². The second-order valence-corrected chi connectivity index (χ2v) is 5.98. The van der Waals surface area contributed by atoms with Crippen LogP contribution in [0, 0.1) is 0 Å². The molecule has 0 radical (unpaired) electrons. The van der Waals surface area contributed by atoms with Crippen molar-refractivity contribution < 1.29 is 9.84 Å². The molecule has 0 bridgehead atoms. The molecule has 0 spiro atoms. The van der Waals surface area contributed by atoms with E-state index in [2.05, 4.69) is 27.7 Å². The summed E-state index contributed by atoms with van der Waals surface area (Å²) in [6.07, 6.45) is 2.50. The van der Waals surface area contributed by atoms with Crippen LogP contribution < -0.4 is 4.74 Å². The van der Waals surface area contributed by atoms with Crippen LogP contribution in [0.25, 0.3) is 0 Å². The molecule has 0 aliphatic heterocycles. The normalized spacial score (nSPS) is 9.17. The number of halogens is 3. The molecule has 0 atom stereocenters. The van der Waals surface area contributed by atoms with E-state index in [1.54, 1.807) is 30.3 Å². The maximum absolute atomic E-state index is 9.62. The first-order valence-corrected chi connectivity index (χ1v) is 8.64. The molecule has 2 rings (SSSR count). The smallest absolute Gasteiger partial charge is 0.169 e. The van der Waals surface area contributed by atoms with Crippen molar-refractivity contribution in [2.24, 2.45) is 0 Å². The maximum Gasteiger partial charge on any atom is 0.169 e. The lowest BCUT2D eigenvalue weighted by Gasteiger charge is -2.09. The first kappa shape index (κ1) is 21.9. The molecule has 0 heterocycles. The Balaban J connectivity index is 0.000000704. The van der Waals surface area contributed by atoms with Crippen molar-refractivity contribution in [3.63, 3.8) is 0 Å². The van der Waals surface area contributed by atoms with Crippen LogP contribution in [0.4, 0.5) is 0 Å². The van der Waals surface area contributed by atoms with E-state index in [1.807, 2.05) is 0 Å². The second-order valence-electron chi connectivity index (χ2n) is 4.70. The first-order valence-electron chi connectivity index (χ1n) is 7.50. The highest BCUT2D eigenvalue weighted by molar-refractivity contribution is 6.35. The van der Waals surface area contributed by atoms with E-state index in [0.29, 0.717) is 20.8 Å². The minimum absolute atomic E-state index is 0.0523. The van der Waals surface area contributed by atoms with E-state index in [0.717, 1.165) is 0 Å². The summed E-state index contributed by atoms with van der Waals surface area (Å²) >= 11 is 17.4. The first-order chi connectivity index (χ1) is 10.9. The summed E-state index contributed by atoms with van der Waals surface area (Å²) in [5.74, 6) is 0.635. The van der Waals surface area contributed by atoms with Crippen LogP contribution in [0.3, 0.4) is 0 Å². The summed E-state index contributed by atoms with van der Waals surface area (Å²) in [6, 6.07) is 9.39. The fraction of sp³-hybridized carbons (Fsp3) is 0.333. The number of rotatable bonds is 2. The average Bonchev–Trinajstić information content (AvgIpc) is 2.46. The Morgan fingerprint density at radius 3 is 1.65 bits per heavy atom. The predicted octanol–water partition coefficient (Wildman–Crippen LogP) is 7.98. The number of hydrogen-bond acceptors (Lipinski definition) is 2. The fourth-order valence-electron chi connectivity index (χ4n) is 1.25. The lowest BCUT2D eigenvalue weighted by atomic mass is 10.3. The van der Waals surface area contributed by atoms with Crippen LogP contribution in [0.15, 0.2) is 36.4 Å². The third kappa shape index (κ3) is 8.95. The van der Waals surface area contributed by atoms with Gasteiger partial charge in [-0.2, -0.15) is 0 Å². The molecular weight excluding hydrogens is 355 g/mol. The molecule has 1 N–H and O–H groups in total. The number of phenols is 1. The number of benzene rings is 2. The highest BCUT2D eigenvalue weighted by Gasteiger charge is 2.08. The van der Waals surface area contributed by atoms with Gasteiger partial charge in [-0.05, 0) is 30.3 Å². The molecule has 0 unspecified atom stereocenters. The van der Waals surface area contributed by atoms with E-state index >= 15 is 0 Å². The van der Waals surface area contributed by atoms with Gasteiger partial charge in [-0.15, -0.1) is 0 Å². The van der Waals surface area contributed by atoms with E-state index in [1.165, 1.54) is 18.9 Å². The summed E-state index contributed by atoms with van der Waals surface area (Å²) in [5.41, 5.74) is 0. The van der Waals surface area contributed by atoms with Gasteiger partial charge in [0.25, 0.3) is 0 Å². The number of aromatic hydroxyl groups is 1. The summed E-state index contributed by atoms with van der Waals surface area (Å²) in [6.45, 7) is 8.50. The van der Waals surface area contributed by atoms with Gasteiger partial charge in [0.2, 0.25) is 0 Å². The Morgan fingerprint density at radius 2 is 1.22 bits per heavy atom. The van der Waals surface area contributed by atoms with Gasteiger partial charge in [0.15, 0.2) is 11.5 Å². The quantitative estimate of drug-likeness (QED) is 0.574. The minimum atomic E-state index is -0.0523. The van der Waals surface area contributed by atoms with Crippen molar-refractivity contribution in [3.8, 4) is 17.2 Å². The molecule has 2 nitrogen and oxygen atoms in total. The van der Waals surface area contributed by atoms with Gasteiger partial charge in [0.1, 0.15) is 5.75 Å². The van der Waals surface area contributed by atoms with Crippen LogP contribution >= 0.6 is 34.8 Å². The highest BCUT2D eigenvalue weighted by Crippen LogP contribution is 2.36. The Bertz CT molecular complexity index is 535. The summed E-state index contributed by atoms with van der Waals surface area (Å²) in [7, 11) is 0. The van der Waals surface area contributed by atoms with E-state index < -0.39 is 0 Å². The van der Waals surface area contributed by atoms with Crippen molar-refractivity contribution in [3.05, 3.63) is 51.5 Å². The summed E-state index contributed by atoms with van der Waals surface area (Å²) in [4.78, 5) is 0. The molecular formula is C18H23Cl3O2. The zero-order valence-corrected chi connectivity index (χ0v) is 16.1. The highest BCUT2D eigenvalue weighted by atomic mass is 35.5. The Labute approximate surface area is 154 Å². The molecule has 2 aromatic carbocycles. The minimum Gasteiger partial charge on any atom is -0.504 e. The van der Waals surface area contributed by atoms with Crippen LogP contribution in [0.1, 0.15) is 40.5 Å². The maximum atomic E-state index is 9.62. The van der Waals surface area contributed by atoms with Crippen molar-refractivity contribution in [1.29, 1.82) is 0 Å². The predicted molar refractivity (Wildman–Crippen MR) is 102 cm³/mol. The third-order valence-electron chi connectivity index (χ3n) is 2.03. The van der Waals surface area contributed by atoms with Gasteiger partial charge in [-0.1, -0.05) is 75.3 Å². The van der Waals surface area contributed by atoms with Gasteiger partial charge in [0, 0.05) is 16.1 Å². The lowest BCUT2D eigenvalue weighted by Crippen LogP contribution is -1.86. The number of hydrogen-bond donors (Lipinski definition) is 1. The third-order valence-corrected chi connectivity index (χ3v) is 2.80. The Hall–Kier alpha value is -1.09. The van der Waals surface area contributed by atoms with Crippen molar-refractivity contribution in [2.75, 3.05) is 0 Å². The van der Waals surface area contributed by atoms with Crippen molar-refractivity contribution >= 4 is 34.8 Å². The van der Waals surface area contributed by atoms with Crippen LogP contribution in [0.5, 0.6) is 17.2 Å². The van der Waals surface area contributed by atoms with Gasteiger partial charge in [-0.25, -0.2) is 0 Å². The standard InChI is InChI=1S/C12H7Cl3O2.2C3H8/c13-7-1-3-11(9(15)5-7)17-12-4-2-8(14)6-10(12)16;2*1-3-2/h1-6,16H;2*3H2,1-2H3. The van der Waals surface area contributed by atoms with E-state index in [4.69, 9.17) is 39.5 Å². The second kappa shape index (κ2) is 12.3. The SMILES string of the molecule is CCC.CCC.Oc1cc(Cl)ccc1Oc1ccc(Cl)cc1Cl. The van der Waals surface area contributed by atoms with Crippen LogP contribution in [-0.4, -0.2) is 5.11 Å². The molecule has 5 heteroatoms. The van der Waals surface area contributed by atoms with Crippen molar-refractivity contribution in [1.82, 2.24) is 0 Å². The van der Waals surface area contributed by atoms with Gasteiger partial charge in [-0.3, -0.25) is 0 Å². The monoisotopic (exact) mass is 376 g/mol. The average molecular weight is 378 g/mol. The van der Waals surface area contributed by atoms with E-state index in [-0.39, 0.29) is 11.5 Å². The zero-order chi connectivity index (χ0) is 17.8. The fourth-order valence-corrected chi connectivity index (χ4v) is 1.87. The molecule has 2 aromatic rings. The molecule has 0 saturated heterocycles. The molecule has 0 amide bonds. The van der Waals surface area contributed by atoms with Crippen molar-refractivity contribution in [2.45, 2.75) is 40.5 Å². The van der Waals surface area contributed by atoms with Gasteiger partial charge < -0.3 is 9.84 Å². The molecule has 0 saturated carbocycles. The number of phenolic OH excluding ortho intramolecular Hbond substituents is 1.